The van der Waals surface area contributed by atoms with Gasteiger partial charge in [-0.2, -0.15) is 0 Å². The molecule has 1 aromatic heterocycles. The van der Waals surface area contributed by atoms with E-state index in [-0.39, 0.29) is 43.5 Å². The summed E-state index contributed by atoms with van der Waals surface area (Å²) in [5, 5.41) is 31.5. The first-order valence-corrected chi connectivity index (χ1v) is 17.0. The van der Waals surface area contributed by atoms with E-state index in [9.17, 15) is 29.6 Å². The maximum absolute atomic E-state index is 13.8. The Morgan fingerprint density at radius 1 is 0.804 bits per heavy atom. The number of furan rings is 1. The number of aliphatic hydroxyl groups excluding tert-OH is 1. The van der Waals surface area contributed by atoms with Crippen LogP contribution >= 0.6 is 0 Å². The van der Waals surface area contributed by atoms with Crippen LogP contribution in [0.5, 0.6) is 5.75 Å². The molecule has 0 saturated carbocycles. The minimum atomic E-state index is -1.12. The van der Waals surface area contributed by atoms with Crippen LogP contribution in [0, 0.1) is 29.9 Å². The maximum Gasteiger partial charge on any atom is 0.433 e. The highest BCUT2D eigenvalue weighted by Gasteiger charge is 2.31. The number of carbonyl (C=O) groups excluding carboxylic acids is 3. The standard InChI is InChI=1S/C39H46N4O8/c1-25(2)20-32(42-39(47)34-18-19-36(51-34)43(48)49)38(46)41-31(22-29-16-9-6-10-17-29)33(44)23-30(21-28-14-7-5-8-15-28)40-35(45)24-50-37-26(3)12-11-13-27(37)4/h5-19,25,30-33,44H,20-24H2,1-4H3,(H,40,45)(H,41,46)(H,42,47)/t30-,31-,32-,33-/m0/s1. The average Bonchev–Trinajstić information content (AvgIpc) is 3.59. The van der Waals surface area contributed by atoms with Gasteiger partial charge in [0.2, 0.25) is 5.91 Å². The number of nitrogens with zero attached hydrogens (tertiary/aromatic N) is 1. The number of hydrogen-bond acceptors (Lipinski definition) is 8. The first kappa shape index (κ1) is 38.3. The van der Waals surface area contributed by atoms with E-state index in [0.717, 1.165) is 28.3 Å². The van der Waals surface area contributed by atoms with Crippen molar-refractivity contribution in [3.8, 4) is 5.75 Å². The van der Waals surface area contributed by atoms with Crippen molar-refractivity contribution in [2.75, 3.05) is 6.61 Å². The van der Waals surface area contributed by atoms with Gasteiger partial charge < -0.3 is 30.2 Å². The molecule has 12 heteroatoms. The van der Waals surface area contributed by atoms with Crippen molar-refractivity contribution in [1.82, 2.24) is 16.0 Å². The molecule has 0 radical (unpaired) electrons. The molecule has 0 unspecified atom stereocenters. The molecule has 4 N–H and O–H groups in total. The lowest BCUT2D eigenvalue weighted by molar-refractivity contribution is -0.402. The van der Waals surface area contributed by atoms with E-state index in [0.29, 0.717) is 12.2 Å². The van der Waals surface area contributed by atoms with Gasteiger partial charge in [0.15, 0.2) is 12.4 Å². The Labute approximate surface area is 297 Å². The van der Waals surface area contributed by atoms with E-state index in [2.05, 4.69) is 16.0 Å². The van der Waals surface area contributed by atoms with Crippen molar-refractivity contribution in [1.29, 1.82) is 0 Å². The Balaban J connectivity index is 1.53. The number of nitro groups is 1. The number of hydrogen-bond donors (Lipinski definition) is 4. The van der Waals surface area contributed by atoms with Gasteiger partial charge in [0.1, 0.15) is 16.7 Å². The van der Waals surface area contributed by atoms with Crippen molar-refractivity contribution in [2.24, 2.45) is 5.92 Å². The number of amides is 3. The fraction of sp³-hybridized carbons (Fsp3) is 0.359. The van der Waals surface area contributed by atoms with Gasteiger partial charge in [0.25, 0.3) is 11.8 Å². The molecule has 1 heterocycles. The van der Waals surface area contributed by atoms with E-state index in [4.69, 9.17) is 9.15 Å². The molecule has 12 nitrogen and oxygen atoms in total. The van der Waals surface area contributed by atoms with E-state index in [1.807, 2.05) is 107 Å². The highest BCUT2D eigenvalue weighted by Crippen LogP contribution is 2.22. The molecular formula is C39H46N4O8. The summed E-state index contributed by atoms with van der Waals surface area (Å²) in [4.78, 5) is 50.4. The summed E-state index contributed by atoms with van der Waals surface area (Å²) in [5.41, 5.74) is 3.64. The predicted molar refractivity (Wildman–Crippen MR) is 192 cm³/mol. The molecule has 270 valence electrons. The molecule has 4 rings (SSSR count). The lowest BCUT2D eigenvalue weighted by atomic mass is 9.93. The van der Waals surface area contributed by atoms with Crippen molar-refractivity contribution >= 4 is 23.6 Å². The van der Waals surface area contributed by atoms with Crippen molar-refractivity contribution < 1.29 is 33.6 Å². The molecule has 0 aliphatic rings. The number of ether oxygens (including phenoxy) is 1. The quantitative estimate of drug-likeness (QED) is 0.0807. The zero-order valence-electron chi connectivity index (χ0n) is 29.3. The minimum Gasteiger partial charge on any atom is -0.483 e. The van der Waals surface area contributed by atoms with Gasteiger partial charge in [-0.1, -0.05) is 92.7 Å². The monoisotopic (exact) mass is 698 g/mol. The van der Waals surface area contributed by atoms with Crippen LogP contribution in [0.4, 0.5) is 5.88 Å². The second-order valence-electron chi connectivity index (χ2n) is 13.1. The third kappa shape index (κ3) is 11.8. The van der Waals surface area contributed by atoms with E-state index in [1.54, 1.807) is 0 Å². The van der Waals surface area contributed by atoms with Crippen LogP contribution in [0.3, 0.4) is 0 Å². The smallest absolute Gasteiger partial charge is 0.433 e. The number of carbonyl (C=O) groups is 3. The summed E-state index contributed by atoms with van der Waals surface area (Å²) >= 11 is 0. The number of aliphatic hydroxyl groups is 1. The Morgan fingerprint density at radius 3 is 1.98 bits per heavy atom. The third-order valence-electron chi connectivity index (χ3n) is 8.39. The van der Waals surface area contributed by atoms with E-state index < -0.39 is 46.9 Å². The molecule has 0 aliphatic heterocycles. The van der Waals surface area contributed by atoms with Crippen LogP contribution in [-0.4, -0.2) is 58.6 Å². The number of aryl methyl sites for hydroxylation is 2. The highest BCUT2D eigenvalue weighted by molar-refractivity contribution is 5.95. The summed E-state index contributed by atoms with van der Waals surface area (Å²) in [5.74, 6) is -1.93. The molecule has 0 saturated heterocycles. The Morgan fingerprint density at radius 2 is 1.41 bits per heavy atom. The minimum absolute atomic E-state index is 0.0133. The second kappa shape index (κ2) is 18.5. The Kier molecular flexibility index (Phi) is 13.9. The van der Waals surface area contributed by atoms with Gasteiger partial charge in [-0.25, -0.2) is 0 Å². The second-order valence-corrected chi connectivity index (χ2v) is 13.1. The maximum atomic E-state index is 13.8. The molecule has 0 fully saturated rings. The molecule has 4 aromatic rings. The molecule has 0 aliphatic carbocycles. The normalized spacial score (nSPS) is 13.5. The third-order valence-corrected chi connectivity index (χ3v) is 8.39. The molecule has 3 aromatic carbocycles. The molecule has 3 amide bonds. The van der Waals surface area contributed by atoms with Crippen LogP contribution < -0.4 is 20.7 Å². The fourth-order valence-electron chi connectivity index (χ4n) is 5.90. The SMILES string of the molecule is Cc1cccc(C)c1OCC(=O)N[C@@H](Cc1ccccc1)C[C@H](O)[C@H](Cc1ccccc1)NC(=O)[C@H](CC(C)C)NC(=O)c1ccc([N+](=O)[O-])o1. The summed E-state index contributed by atoms with van der Waals surface area (Å²) < 4.78 is 10.9. The number of para-hydroxylation sites is 1. The summed E-state index contributed by atoms with van der Waals surface area (Å²) in [6, 6.07) is 24.6. The molecule has 4 atom stereocenters. The largest absolute Gasteiger partial charge is 0.483 e. The van der Waals surface area contributed by atoms with Gasteiger partial charge in [0, 0.05) is 6.04 Å². The number of nitrogens with one attached hydrogen (secondary N) is 3. The summed E-state index contributed by atoms with van der Waals surface area (Å²) in [7, 11) is 0. The van der Waals surface area contributed by atoms with Crippen LogP contribution in [-0.2, 0) is 22.4 Å². The van der Waals surface area contributed by atoms with Gasteiger partial charge in [-0.05, 0) is 73.8 Å². The highest BCUT2D eigenvalue weighted by atomic mass is 16.6. The van der Waals surface area contributed by atoms with Gasteiger partial charge in [0.05, 0.1) is 18.2 Å². The van der Waals surface area contributed by atoms with E-state index in [1.165, 1.54) is 6.07 Å². The van der Waals surface area contributed by atoms with Crippen molar-refractivity contribution in [3.63, 3.8) is 0 Å². The Hall–Kier alpha value is -5.49. The zero-order valence-corrected chi connectivity index (χ0v) is 29.3. The van der Waals surface area contributed by atoms with Crippen LogP contribution in [0.15, 0.2) is 95.4 Å². The number of rotatable bonds is 18. The van der Waals surface area contributed by atoms with Crippen molar-refractivity contribution in [2.45, 2.75) is 77.6 Å². The summed E-state index contributed by atoms with van der Waals surface area (Å²) in [6.45, 7) is 7.39. The van der Waals surface area contributed by atoms with Gasteiger partial charge in [-0.3, -0.25) is 24.5 Å². The molecule has 51 heavy (non-hydrogen) atoms. The average molecular weight is 699 g/mol. The van der Waals surface area contributed by atoms with Gasteiger partial charge >= 0.3 is 5.88 Å². The van der Waals surface area contributed by atoms with E-state index >= 15 is 0 Å². The van der Waals surface area contributed by atoms with Crippen molar-refractivity contribution in [3.05, 3.63) is 129 Å². The lowest BCUT2D eigenvalue weighted by Gasteiger charge is -2.30. The predicted octanol–water partition coefficient (Wildman–Crippen LogP) is 5.23. The van der Waals surface area contributed by atoms with Gasteiger partial charge in [-0.15, -0.1) is 0 Å². The molecule has 0 spiro atoms. The zero-order chi connectivity index (χ0) is 36.9. The molecular weight excluding hydrogens is 652 g/mol. The number of benzene rings is 3. The first-order chi connectivity index (χ1) is 24.4. The van der Waals surface area contributed by atoms with Crippen LogP contribution in [0.25, 0.3) is 0 Å². The van der Waals surface area contributed by atoms with Crippen LogP contribution in [0.1, 0.15) is 59.5 Å². The fourth-order valence-corrected chi connectivity index (χ4v) is 5.90. The topological polar surface area (TPSA) is 173 Å². The lowest BCUT2D eigenvalue weighted by Crippen LogP contribution is -2.54. The molecule has 0 bridgehead atoms. The first-order valence-electron chi connectivity index (χ1n) is 17.0. The summed E-state index contributed by atoms with van der Waals surface area (Å²) in [6.07, 6.45) is -0.0887. The van der Waals surface area contributed by atoms with Crippen LogP contribution in [0.2, 0.25) is 0 Å². The Bertz CT molecular complexity index is 1740.